The molecule has 0 spiro atoms. The van der Waals surface area contributed by atoms with E-state index >= 15 is 0 Å². The first-order valence-electron chi connectivity index (χ1n) is 0.651. The molecule has 0 fully saturated rings. The summed E-state index contributed by atoms with van der Waals surface area (Å²) in [6.45, 7) is 0. The maximum absolute atomic E-state index is 8.81. The number of rotatable bonds is 0. The Bertz CT molecular complexity index is 29.9. The Morgan fingerprint density at radius 3 is 1.40 bits per heavy atom. The van der Waals surface area contributed by atoms with E-state index in [0.717, 1.165) is 0 Å². The van der Waals surface area contributed by atoms with Gasteiger partial charge in [0.2, 0.25) is 0 Å². The minimum absolute atomic E-state index is 0. The first kappa shape index (κ1) is 9.13. The van der Waals surface area contributed by atoms with E-state index in [9.17, 15) is 0 Å². The van der Waals surface area contributed by atoms with E-state index in [1.807, 2.05) is 0 Å². The van der Waals surface area contributed by atoms with Gasteiger partial charge in [-0.05, 0) is 0 Å². The van der Waals surface area contributed by atoms with E-state index < -0.39 is 15.3 Å². The van der Waals surface area contributed by atoms with Crippen molar-refractivity contribution >= 4 is 27.7 Å². The van der Waals surface area contributed by atoms with E-state index in [0.29, 0.717) is 0 Å². The molecule has 5 heavy (non-hydrogen) atoms. The van der Waals surface area contributed by atoms with Crippen LogP contribution in [0.1, 0.15) is 0 Å². The first-order chi connectivity index (χ1) is 1.73. The molecule has 0 saturated carbocycles. The van der Waals surface area contributed by atoms with Crippen LogP contribution in [0.25, 0.3) is 0 Å². The second-order valence-electron chi connectivity index (χ2n) is 0.283. The van der Waals surface area contributed by atoms with Crippen LogP contribution in [-0.4, -0.2) is 23.5 Å². The maximum atomic E-state index is 8.81. The van der Waals surface area contributed by atoms with Gasteiger partial charge in [0.05, 0.1) is 0 Å². The summed E-state index contributed by atoms with van der Waals surface area (Å²) in [6.07, 6.45) is 0. The van der Waals surface area contributed by atoms with Crippen molar-refractivity contribution in [3.63, 3.8) is 0 Å². The van der Waals surface area contributed by atoms with Crippen molar-refractivity contribution < 1.29 is 11.9 Å². The number of hydrogen-bond donors (Lipinski definition) is 2. The second kappa shape index (κ2) is 4.57. The molecule has 34 valence electrons. The van der Waals surface area contributed by atoms with Gasteiger partial charge in [-0.15, -0.1) is 12.4 Å². The van der Waals surface area contributed by atoms with Crippen LogP contribution < -0.4 is 0 Å². The molecule has 0 amide bonds. The van der Waals surface area contributed by atoms with E-state index in [1.54, 1.807) is 0 Å². The second-order valence-corrected chi connectivity index (χ2v) is 1.47. The van der Waals surface area contributed by atoms with Crippen molar-refractivity contribution in [3.8, 4) is 0 Å². The minimum atomic E-state index is -3.58. The third-order valence-corrected chi connectivity index (χ3v) is 0. The van der Waals surface area contributed by atoms with E-state index in [2.05, 4.69) is 0 Å². The fourth-order valence-electron chi connectivity index (χ4n) is 0. The van der Waals surface area contributed by atoms with Gasteiger partial charge >= 0.3 is 27.2 Å². The SMILES string of the molecule is Cl.O=[AsH](O)O. The molecule has 0 aromatic carbocycles. The summed E-state index contributed by atoms with van der Waals surface area (Å²) < 4.78 is 23.2. The van der Waals surface area contributed by atoms with Crippen LogP contribution in [0.3, 0.4) is 0 Å². The molecule has 3 nitrogen and oxygen atoms in total. The van der Waals surface area contributed by atoms with Crippen molar-refractivity contribution in [2.75, 3.05) is 0 Å². The summed E-state index contributed by atoms with van der Waals surface area (Å²) in [7, 11) is 0. The van der Waals surface area contributed by atoms with Crippen LogP contribution in [-0.2, 0) is 3.74 Å². The van der Waals surface area contributed by atoms with Gasteiger partial charge in [-0.2, -0.15) is 0 Å². The van der Waals surface area contributed by atoms with Gasteiger partial charge in [0.1, 0.15) is 0 Å². The van der Waals surface area contributed by atoms with Gasteiger partial charge in [0.15, 0.2) is 0 Å². The monoisotopic (exact) mass is 162 g/mol. The Morgan fingerprint density at radius 2 is 1.40 bits per heavy atom. The van der Waals surface area contributed by atoms with E-state index in [-0.39, 0.29) is 12.4 Å². The molecule has 0 bridgehead atoms. The number of hydrogen-bond acceptors (Lipinski definition) is 1. The van der Waals surface area contributed by atoms with Crippen molar-refractivity contribution in [2.24, 2.45) is 0 Å². The zero-order valence-electron chi connectivity index (χ0n) is 2.21. The Labute approximate surface area is 40.2 Å². The van der Waals surface area contributed by atoms with Gasteiger partial charge in [-0.1, -0.05) is 0 Å². The van der Waals surface area contributed by atoms with Crippen LogP contribution in [0.5, 0.6) is 0 Å². The zero-order chi connectivity index (χ0) is 3.58. The zero-order valence-corrected chi connectivity index (χ0v) is 5.13. The molecule has 0 rings (SSSR count). The first-order valence-corrected chi connectivity index (χ1v) is 3.38. The van der Waals surface area contributed by atoms with Gasteiger partial charge in [-0.3, -0.25) is 0 Å². The van der Waals surface area contributed by atoms with Crippen LogP contribution in [0.4, 0.5) is 0 Å². The Balaban J connectivity index is 0. The summed E-state index contributed by atoms with van der Waals surface area (Å²) in [6, 6.07) is 0. The molecule has 0 aromatic heterocycles. The molecule has 0 aliphatic rings. The van der Waals surface area contributed by atoms with Crippen LogP contribution >= 0.6 is 12.4 Å². The van der Waals surface area contributed by atoms with E-state index in [1.165, 1.54) is 0 Å². The quantitative estimate of drug-likeness (QED) is 0.428. The molecule has 5 heteroatoms. The molecule has 0 aliphatic carbocycles. The summed E-state index contributed by atoms with van der Waals surface area (Å²) in [4.78, 5) is 0. The predicted octanol–water partition coefficient (Wildman–Crippen LogP) is -1.46. The van der Waals surface area contributed by atoms with Crippen LogP contribution in [0.15, 0.2) is 0 Å². The van der Waals surface area contributed by atoms with Crippen LogP contribution in [0.2, 0.25) is 0 Å². The third kappa shape index (κ3) is 93.3. The van der Waals surface area contributed by atoms with Crippen molar-refractivity contribution in [1.82, 2.24) is 0 Å². The molecule has 0 saturated heterocycles. The molecule has 0 aromatic rings. The summed E-state index contributed by atoms with van der Waals surface area (Å²) >= 11 is -3.58. The van der Waals surface area contributed by atoms with Crippen molar-refractivity contribution in [1.29, 1.82) is 0 Å². The van der Waals surface area contributed by atoms with Gasteiger partial charge in [-0.25, -0.2) is 0 Å². The molecule has 0 unspecified atom stereocenters. The molecular formula is H4AsClO3. The van der Waals surface area contributed by atoms with Crippen molar-refractivity contribution in [3.05, 3.63) is 0 Å². The Hall–Kier alpha value is 0.568. The fraction of sp³-hybridized carbons (Fsp3) is 0. The standard InChI is InChI=1S/AsH3O3.ClH/c2-1(3)4;/h1H,(H2,2,3,4);1H. The summed E-state index contributed by atoms with van der Waals surface area (Å²) in [5, 5.41) is 0. The average molecular weight is 162 g/mol. The Kier molecular flexibility index (Phi) is 8.34. The normalized spacial score (nSPS) is 7.00. The van der Waals surface area contributed by atoms with Gasteiger partial charge < -0.3 is 0 Å². The molecule has 0 atom stereocenters. The molecule has 0 radical (unpaired) electrons. The predicted molar refractivity (Wildman–Crippen MR) is 19.5 cm³/mol. The fourth-order valence-corrected chi connectivity index (χ4v) is 0. The molecule has 0 aliphatic heterocycles. The average Bonchev–Trinajstić information content (AvgIpc) is 0.811. The number of halogens is 1. The molecule has 0 heterocycles. The van der Waals surface area contributed by atoms with Gasteiger partial charge in [0, 0.05) is 0 Å². The molecule has 2 N–H and O–H groups in total. The Morgan fingerprint density at radius 1 is 1.40 bits per heavy atom. The topological polar surface area (TPSA) is 57.5 Å². The summed E-state index contributed by atoms with van der Waals surface area (Å²) in [5.74, 6) is 0. The third-order valence-electron chi connectivity index (χ3n) is 0. The van der Waals surface area contributed by atoms with Gasteiger partial charge in [0.25, 0.3) is 0 Å². The van der Waals surface area contributed by atoms with Crippen molar-refractivity contribution in [2.45, 2.75) is 0 Å². The van der Waals surface area contributed by atoms with E-state index in [4.69, 9.17) is 11.9 Å². The summed E-state index contributed by atoms with van der Waals surface area (Å²) in [5.41, 5.74) is 0. The van der Waals surface area contributed by atoms with Crippen LogP contribution in [0, 0.1) is 0 Å². The molecular weight excluding hydrogens is 158 g/mol.